The summed E-state index contributed by atoms with van der Waals surface area (Å²) < 4.78 is 10.0. The molecule has 37 heavy (non-hydrogen) atoms. The summed E-state index contributed by atoms with van der Waals surface area (Å²) in [6.07, 6.45) is 6.19. The normalized spacial score (nSPS) is 16.1. The number of aryl methyl sites for hydroxylation is 2. The quantitative estimate of drug-likeness (QED) is 0.356. The van der Waals surface area contributed by atoms with Gasteiger partial charge in [0.25, 0.3) is 11.1 Å². The van der Waals surface area contributed by atoms with Crippen LogP contribution < -0.4 is 16.5 Å². The number of rotatable bonds is 2. The maximum absolute atomic E-state index is 14.0. The zero-order valence-corrected chi connectivity index (χ0v) is 20.1. The Morgan fingerprint density at radius 1 is 0.973 bits per heavy atom. The number of aromatic nitrogens is 4. The number of hydrogen-bond acceptors (Lipinski definition) is 4. The number of nitrogens with one attached hydrogen (secondary N) is 2. The average Bonchev–Trinajstić information content (AvgIpc) is 3.60. The van der Waals surface area contributed by atoms with Crippen LogP contribution in [-0.2, 0) is 13.0 Å². The number of benzene rings is 2. The third-order valence-corrected chi connectivity index (χ3v) is 8.32. The van der Waals surface area contributed by atoms with Gasteiger partial charge in [0, 0.05) is 23.6 Å². The number of aromatic amines is 2. The molecule has 8 rings (SSSR count). The molecular weight excluding hydrogens is 468 g/mol. The molecule has 1 aliphatic heterocycles. The van der Waals surface area contributed by atoms with Crippen LogP contribution in [0.3, 0.4) is 0 Å². The summed E-state index contributed by atoms with van der Waals surface area (Å²) in [6.45, 7) is 0.604. The van der Waals surface area contributed by atoms with Crippen molar-refractivity contribution in [2.75, 3.05) is 0 Å². The highest BCUT2D eigenvalue weighted by Crippen LogP contribution is 2.39. The Balaban J connectivity index is 1.56. The predicted molar refractivity (Wildman–Crippen MR) is 143 cm³/mol. The molecule has 5 heterocycles. The van der Waals surface area contributed by atoms with Gasteiger partial charge in [-0.25, -0.2) is 0 Å². The number of pyridine rings is 2. The topological polar surface area (TPSA) is 106 Å². The van der Waals surface area contributed by atoms with Crippen molar-refractivity contribution in [3.05, 3.63) is 79.0 Å². The number of furan rings is 1. The summed E-state index contributed by atoms with van der Waals surface area (Å²) in [6, 6.07) is 12.8. The molecule has 8 nitrogen and oxygen atoms in total. The van der Waals surface area contributed by atoms with Gasteiger partial charge in [0.05, 0.1) is 28.0 Å². The van der Waals surface area contributed by atoms with E-state index in [0.29, 0.717) is 45.4 Å². The molecule has 0 spiro atoms. The van der Waals surface area contributed by atoms with Gasteiger partial charge in [0.1, 0.15) is 11.2 Å². The smallest absolute Gasteiger partial charge is 0.274 e. The van der Waals surface area contributed by atoms with E-state index >= 15 is 0 Å². The largest absolute Gasteiger partial charge is 0.454 e. The van der Waals surface area contributed by atoms with Gasteiger partial charge < -0.3 is 14.0 Å². The first-order valence-corrected chi connectivity index (χ1v) is 13.0. The van der Waals surface area contributed by atoms with E-state index in [4.69, 9.17) is 4.42 Å². The fourth-order valence-electron chi connectivity index (χ4n) is 6.63. The van der Waals surface area contributed by atoms with Gasteiger partial charge in [-0.05, 0) is 48.4 Å². The summed E-state index contributed by atoms with van der Waals surface area (Å²) in [4.78, 5) is 43.2. The van der Waals surface area contributed by atoms with E-state index in [2.05, 4.69) is 16.1 Å². The highest BCUT2D eigenvalue weighted by atomic mass is 16.3. The van der Waals surface area contributed by atoms with Gasteiger partial charge >= 0.3 is 0 Å². The van der Waals surface area contributed by atoms with Crippen LogP contribution in [0.2, 0.25) is 0 Å². The summed E-state index contributed by atoms with van der Waals surface area (Å²) in [5.74, 6) is 0. The fraction of sp³-hybridized carbons (Fsp3) is 0.276. The first kappa shape index (κ1) is 20.8. The van der Waals surface area contributed by atoms with E-state index in [9.17, 15) is 14.4 Å². The lowest BCUT2D eigenvalue weighted by Gasteiger charge is -2.23. The molecule has 0 unspecified atom stereocenters. The molecule has 0 atom stereocenters. The summed E-state index contributed by atoms with van der Waals surface area (Å²) in [5.41, 5.74) is 4.66. The van der Waals surface area contributed by atoms with Crippen molar-refractivity contribution in [2.24, 2.45) is 0 Å². The number of fused-ring (bicyclic) bond motifs is 4. The van der Waals surface area contributed by atoms with Gasteiger partial charge in [0.15, 0.2) is 11.0 Å². The van der Waals surface area contributed by atoms with Gasteiger partial charge in [-0.15, -0.1) is 0 Å². The van der Waals surface area contributed by atoms with Crippen molar-refractivity contribution < 1.29 is 4.42 Å². The van der Waals surface area contributed by atoms with E-state index in [0.717, 1.165) is 54.0 Å². The Bertz CT molecular complexity index is 2100. The molecule has 1 aliphatic carbocycles. The predicted octanol–water partition coefficient (Wildman–Crippen LogP) is 4.96. The summed E-state index contributed by atoms with van der Waals surface area (Å²) in [7, 11) is 0. The highest BCUT2D eigenvalue weighted by molar-refractivity contribution is 6.14. The third kappa shape index (κ3) is 2.81. The molecule has 8 heteroatoms. The molecule has 0 radical (unpaired) electrons. The Kier molecular flexibility index (Phi) is 4.14. The number of para-hydroxylation sites is 1. The minimum atomic E-state index is -0.256. The van der Waals surface area contributed by atoms with Crippen LogP contribution in [0.4, 0.5) is 0 Å². The van der Waals surface area contributed by atoms with Gasteiger partial charge in [-0.2, -0.15) is 0 Å². The zero-order chi connectivity index (χ0) is 24.8. The lowest BCUT2D eigenvalue weighted by Crippen LogP contribution is -2.20. The molecule has 184 valence electrons. The molecule has 2 N–H and O–H groups in total. The van der Waals surface area contributed by atoms with E-state index in [-0.39, 0.29) is 22.6 Å². The Morgan fingerprint density at radius 2 is 1.84 bits per heavy atom. The second-order valence-electron chi connectivity index (χ2n) is 10.4. The van der Waals surface area contributed by atoms with Crippen molar-refractivity contribution in [2.45, 2.75) is 51.1 Å². The van der Waals surface area contributed by atoms with Crippen molar-refractivity contribution >= 4 is 44.0 Å². The monoisotopic (exact) mass is 492 g/mol. The van der Waals surface area contributed by atoms with Crippen LogP contribution >= 0.6 is 0 Å². The molecule has 0 amide bonds. The molecule has 1 fully saturated rings. The van der Waals surface area contributed by atoms with Crippen LogP contribution in [0.1, 0.15) is 43.7 Å². The molecule has 2 aliphatic rings. The molecule has 0 bridgehead atoms. The second kappa shape index (κ2) is 7.35. The average molecular weight is 493 g/mol. The maximum atomic E-state index is 14.0. The Hall–Kier alpha value is -4.33. The van der Waals surface area contributed by atoms with Crippen molar-refractivity contribution in [3.8, 4) is 11.1 Å². The number of H-pyrrole nitrogens is 2. The van der Waals surface area contributed by atoms with Crippen LogP contribution in [0.25, 0.3) is 55.1 Å². The molecule has 4 aromatic heterocycles. The van der Waals surface area contributed by atoms with E-state index in [1.54, 1.807) is 6.07 Å². The van der Waals surface area contributed by atoms with E-state index < -0.39 is 0 Å². The fourth-order valence-corrected chi connectivity index (χ4v) is 6.63. The van der Waals surface area contributed by atoms with Crippen LogP contribution in [0, 0.1) is 0 Å². The highest BCUT2D eigenvalue weighted by Gasteiger charge is 2.28. The first-order valence-electron chi connectivity index (χ1n) is 13.0. The number of hydrogen-bond donors (Lipinski definition) is 2. The minimum absolute atomic E-state index is 0.138. The SMILES string of the molecule is O=c1ccc2c(c1)oc1c(-c3cc4cccc5c4n(c3=O)CC5)c3c(=O)[nH]n(C4CCCCC4)c3[nH]c12. The third-order valence-electron chi connectivity index (χ3n) is 8.32. The summed E-state index contributed by atoms with van der Waals surface area (Å²) >= 11 is 0. The Morgan fingerprint density at radius 3 is 2.70 bits per heavy atom. The Labute approximate surface area is 209 Å². The van der Waals surface area contributed by atoms with Crippen LogP contribution in [0.15, 0.2) is 61.3 Å². The second-order valence-corrected chi connectivity index (χ2v) is 10.4. The van der Waals surface area contributed by atoms with Gasteiger partial charge in [0.2, 0.25) is 0 Å². The van der Waals surface area contributed by atoms with Crippen LogP contribution in [-0.4, -0.2) is 19.3 Å². The lowest BCUT2D eigenvalue weighted by atomic mass is 9.95. The molecule has 2 aromatic carbocycles. The summed E-state index contributed by atoms with van der Waals surface area (Å²) in [5, 5.41) is 5.20. The van der Waals surface area contributed by atoms with E-state index in [1.807, 2.05) is 27.4 Å². The van der Waals surface area contributed by atoms with Gasteiger partial charge in [-0.1, -0.05) is 37.5 Å². The zero-order valence-electron chi connectivity index (χ0n) is 20.1. The van der Waals surface area contributed by atoms with E-state index in [1.165, 1.54) is 18.6 Å². The number of nitrogens with zero attached hydrogens (tertiary/aromatic N) is 2. The van der Waals surface area contributed by atoms with Gasteiger partial charge in [-0.3, -0.25) is 24.2 Å². The van der Waals surface area contributed by atoms with Crippen molar-refractivity contribution in [1.82, 2.24) is 19.3 Å². The standard InChI is InChI=1S/C29H24N4O4/c34-18-9-10-19-21(14-18)37-26-22(20-13-16-6-4-5-15-11-12-32(25(15)16)29(20)36)23-27(30-24(19)26)33(31-28(23)35)17-7-2-1-3-8-17/h4-6,9-10,13-14,17,30H,1-3,7-8,11-12H2,(H,31,35). The molecule has 6 aromatic rings. The molecule has 0 saturated heterocycles. The molecule has 1 saturated carbocycles. The van der Waals surface area contributed by atoms with Crippen molar-refractivity contribution in [3.63, 3.8) is 0 Å². The lowest BCUT2D eigenvalue weighted by molar-refractivity contribution is 0.335. The van der Waals surface area contributed by atoms with Crippen LogP contribution in [0.5, 0.6) is 0 Å². The first-order chi connectivity index (χ1) is 18.1. The minimum Gasteiger partial charge on any atom is -0.454 e. The molecular formula is C29H24N4O4. The van der Waals surface area contributed by atoms with Crippen molar-refractivity contribution in [1.29, 1.82) is 0 Å². The maximum Gasteiger partial charge on any atom is 0.274 e.